The Morgan fingerprint density at radius 2 is 1.95 bits per heavy atom. The van der Waals surface area contributed by atoms with Gasteiger partial charge < -0.3 is 16.0 Å². The number of fused-ring (bicyclic) bond motifs is 1. The summed E-state index contributed by atoms with van der Waals surface area (Å²) in [6.45, 7) is 1.16. The van der Waals surface area contributed by atoms with Crippen LogP contribution in [0.15, 0.2) is 18.2 Å². The van der Waals surface area contributed by atoms with E-state index in [1.54, 1.807) is 4.90 Å². The number of likely N-dealkylation sites (tertiary alicyclic amines) is 1. The smallest absolute Gasteiger partial charge is 0.317 e. The quantitative estimate of drug-likeness (QED) is 0.876. The molecule has 0 bridgehead atoms. The van der Waals surface area contributed by atoms with E-state index in [1.165, 1.54) is 0 Å². The summed E-state index contributed by atoms with van der Waals surface area (Å²) in [5.74, 6) is -0.366. The van der Waals surface area contributed by atoms with Gasteiger partial charge in [0.05, 0.1) is 6.04 Å². The van der Waals surface area contributed by atoms with Crippen LogP contribution in [0.4, 0.5) is 4.79 Å². The second-order valence-electron chi connectivity index (χ2n) is 6.01. The van der Waals surface area contributed by atoms with E-state index >= 15 is 0 Å². The normalized spacial score (nSPS) is 21.5. The topological polar surface area (TPSA) is 75.4 Å². The zero-order chi connectivity index (χ0) is 15.7. The molecule has 0 aromatic heterocycles. The second kappa shape index (κ2) is 6.16. The third-order valence-corrected chi connectivity index (χ3v) is 5.05. The maximum atomic E-state index is 12.4. The highest BCUT2D eigenvalue weighted by atomic mass is 35.5. The number of urea groups is 1. The Morgan fingerprint density at radius 3 is 2.64 bits per heavy atom. The number of nitrogens with two attached hydrogens (primary N) is 1. The number of amides is 3. The molecule has 1 aliphatic carbocycles. The number of halogens is 1. The number of nitrogens with zero attached hydrogens (tertiary/aromatic N) is 1. The van der Waals surface area contributed by atoms with Crippen molar-refractivity contribution >= 4 is 23.5 Å². The number of nitrogens with one attached hydrogen (secondary N) is 1. The Morgan fingerprint density at radius 1 is 1.23 bits per heavy atom. The molecule has 1 saturated heterocycles. The summed E-state index contributed by atoms with van der Waals surface area (Å²) in [7, 11) is 0. The van der Waals surface area contributed by atoms with E-state index in [0.29, 0.717) is 25.9 Å². The summed E-state index contributed by atoms with van der Waals surface area (Å²) in [5.41, 5.74) is 7.58. The van der Waals surface area contributed by atoms with E-state index in [-0.39, 0.29) is 23.9 Å². The lowest BCUT2D eigenvalue weighted by Crippen LogP contribution is -2.46. The summed E-state index contributed by atoms with van der Waals surface area (Å²) in [4.78, 5) is 25.3. The first-order valence-corrected chi connectivity index (χ1v) is 8.06. The Bertz CT molecular complexity index is 597. The molecule has 3 amide bonds. The molecule has 22 heavy (non-hydrogen) atoms. The van der Waals surface area contributed by atoms with Gasteiger partial charge in [-0.2, -0.15) is 0 Å². The van der Waals surface area contributed by atoms with Gasteiger partial charge in [-0.3, -0.25) is 4.79 Å². The van der Waals surface area contributed by atoms with E-state index in [1.807, 2.05) is 18.2 Å². The van der Waals surface area contributed by atoms with Gasteiger partial charge >= 0.3 is 6.03 Å². The molecule has 1 aliphatic heterocycles. The molecule has 5 nitrogen and oxygen atoms in total. The van der Waals surface area contributed by atoms with Crippen molar-refractivity contribution in [3.8, 4) is 0 Å². The van der Waals surface area contributed by atoms with Crippen molar-refractivity contribution in [2.75, 3.05) is 13.1 Å². The first-order valence-electron chi connectivity index (χ1n) is 7.68. The number of piperidine rings is 1. The number of rotatable bonds is 2. The van der Waals surface area contributed by atoms with Gasteiger partial charge in [-0.1, -0.05) is 23.7 Å². The van der Waals surface area contributed by atoms with Gasteiger partial charge in [0, 0.05) is 24.0 Å². The zero-order valence-electron chi connectivity index (χ0n) is 12.3. The molecular formula is C16H20ClN3O2. The average Bonchev–Trinajstić information content (AvgIpc) is 2.92. The minimum Gasteiger partial charge on any atom is -0.369 e. The SMILES string of the molecule is NC(=O)C1CCN(C(=O)N[C@H]2CCc3c(Cl)cccc32)CC1. The minimum atomic E-state index is -0.264. The van der Waals surface area contributed by atoms with E-state index in [2.05, 4.69) is 5.32 Å². The Hall–Kier alpha value is -1.75. The van der Waals surface area contributed by atoms with Crippen molar-refractivity contribution in [2.24, 2.45) is 11.7 Å². The summed E-state index contributed by atoms with van der Waals surface area (Å²) >= 11 is 6.20. The Labute approximate surface area is 134 Å². The van der Waals surface area contributed by atoms with Crippen LogP contribution in [0.3, 0.4) is 0 Å². The van der Waals surface area contributed by atoms with Crippen LogP contribution < -0.4 is 11.1 Å². The first kappa shape index (κ1) is 15.2. The highest BCUT2D eigenvalue weighted by molar-refractivity contribution is 6.31. The lowest BCUT2D eigenvalue weighted by Gasteiger charge is -2.31. The predicted molar refractivity (Wildman–Crippen MR) is 84.5 cm³/mol. The number of carbonyl (C=O) groups excluding carboxylic acids is 2. The van der Waals surface area contributed by atoms with Crippen molar-refractivity contribution in [1.82, 2.24) is 10.2 Å². The molecule has 1 heterocycles. The monoisotopic (exact) mass is 321 g/mol. The summed E-state index contributed by atoms with van der Waals surface area (Å²) < 4.78 is 0. The van der Waals surface area contributed by atoms with Gasteiger partial charge in [0.1, 0.15) is 0 Å². The van der Waals surface area contributed by atoms with Crippen LogP contribution in [0.1, 0.15) is 36.4 Å². The maximum absolute atomic E-state index is 12.4. The second-order valence-corrected chi connectivity index (χ2v) is 6.42. The van der Waals surface area contributed by atoms with E-state index < -0.39 is 0 Å². The van der Waals surface area contributed by atoms with Crippen LogP contribution in [0.5, 0.6) is 0 Å². The Kier molecular flexibility index (Phi) is 4.25. The van der Waals surface area contributed by atoms with Gasteiger partial charge in [-0.15, -0.1) is 0 Å². The largest absolute Gasteiger partial charge is 0.369 e. The number of benzene rings is 1. The van der Waals surface area contributed by atoms with Crippen LogP contribution in [-0.4, -0.2) is 29.9 Å². The molecule has 1 aromatic carbocycles. The van der Waals surface area contributed by atoms with Crippen molar-refractivity contribution in [2.45, 2.75) is 31.7 Å². The van der Waals surface area contributed by atoms with Gasteiger partial charge in [0.2, 0.25) is 5.91 Å². The van der Waals surface area contributed by atoms with Crippen molar-refractivity contribution in [3.63, 3.8) is 0 Å². The number of hydrogen-bond acceptors (Lipinski definition) is 2. The fourth-order valence-corrected chi connectivity index (χ4v) is 3.64. The summed E-state index contributed by atoms with van der Waals surface area (Å²) in [6.07, 6.45) is 3.07. The Balaban J connectivity index is 1.60. The third-order valence-electron chi connectivity index (χ3n) is 4.70. The van der Waals surface area contributed by atoms with E-state index in [9.17, 15) is 9.59 Å². The summed E-state index contributed by atoms with van der Waals surface area (Å²) in [5, 5.41) is 3.86. The van der Waals surface area contributed by atoms with Crippen molar-refractivity contribution < 1.29 is 9.59 Å². The van der Waals surface area contributed by atoms with Crippen LogP contribution in [-0.2, 0) is 11.2 Å². The fourth-order valence-electron chi connectivity index (χ4n) is 3.37. The van der Waals surface area contributed by atoms with Gasteiger partial charge in [-0.05, 0) is 42.9 Å². The van der Waals surface area contributed by atoms with Crippen molar-refractivity contribution in [3.05, 3.63) is 34.3 Å². The lowest BCUT2D eigenvalue weighted by molar-refractivity contribution is -0.123. The van der Waals surface area contributed by atoms with Crippen molar-refractivity contribution in [1.29, 1.82) is 0 Å². The molecule has 0 radical (unpaired) electrons. The molecule has 0 saturated carbocycles. The fraction of sp³-hybridized carbons (Fsp3) is 0.500. The first-order chi connectivity index (χ1) is 10.6. The average molecular weight is 322 g/mol. The number of carbonyl (C=O) groups is 2. The van der Waals surface area contributed by atoms with Crippen LogP contribution in [0, 0.1) is 5.92 Å². The highest BCUT2D eigenvalue weighted by Gasteiger charge is 2.29. The molecule has 0 spiro atoms. The third kappa shape index (κ3) is 2.90. The molecule has 6 heteroatoms. The van der Waals surface area contributed by atoms with Crippen LogP contribution in [0.25, 0.3) is 0 Å². The molecule has 3 rings (SSSR count). The molecule has 1 atom stereocenters. The molecule has 0 unspecified atom stereocenters. The molecule has 2 aliphatic rings. The molecular weight excluding hydrogens is 302 g/mol. The number of hydrogen-bond donors (Lipinski definition) is 2. The van der Waals surface area contributed by atoms with E-state index in [0.717, 1.165) is 29.0 Å². The van der Waals surface area contributed by atoms with E-state index in [4.69, 9.17) is 17.3 Å². The highest BCUT2D eigenvalue weighted by Crippen LogP contribution is 2.35. The number of primary amides is 1. The zero-order valence-corrected chi connectivity index (χ0v) is 13.1. The predicted octanol–water partition coefficient (Wildman–Crippen LogP) is 2.23. The van der Waals surface area contributed by atoms with Crippen LogP contribution in [0.2, 0.25) is 5.02 Å². The molecule has 3 N–H and O–H groups in total. The van der Waals surface area contributed by atoms with Gasteiger partial charge in [-0.25, -0.2) is 4.79 Å². The minimum absolute atomic E-state index is 0.0232. The van der Waals surface area contributed by atoms with Gasteiger partial charge in [0.15, 0.2) is 0 Å². The van der Waals surface area contributed by atoms with Gasteiger partial charge in [0.25, 0.3) is 0 Å². The standard InChI is InChI=1S/C16H20ClN3O2/c17-13-3-1-2-12-11(13)4-5-14(12)19-16(22)20-8-6-10(7-9-20)15(18)21/h1-3,10,14H,4-9H2,(H2,18,21)(H,19,22)/t14-/m0/s1. The molecule has 1 aromatic rings. The van der Waals surface area contributed by atoms with Crippen LogP contribution >= 0.6 is 11.6 Å². The maximum Gasteiger partial charge on any atom is 0.317 e. The lowest BCUT2D eigenvalue weighted by atomic mass is 9.96. The molecule has 1 fully saturated rings. The summed E-state index contributed by atoms with van der Waals surface area (Å²) in [6, 6.07) is 5.79. The molecule has 118 valence electrons.